The lowest BCUT2D eigenvalue weighted by atomic mass is 9.92. The molecule has 0 amide bonds. The molecule has 0 bridgehead atoms. The fraction of sp³-hybridized carbons (Fsp3) is 0.417. The number of rotatable bonds is 10. The van der Waals surface area contributed by atoms with E-state index in [4.69, 9.17) is 24.3 Å². The highest BCUT2D eigenvalue weighted by atomic mass is 31.2. The van der Waals surface area contributed by atoms with Gasteiger partial charge in [0.05, 0.1) is 18.4 Å². The molecule has 4 rings (SSSR count). The first-order valence-corrected chi connectivity index (χ1v) is 13.6. The van der Waals surface area contributed by atoms with E-state index < -0.39 is 56.4 Å². The van der Waals surface area contributed by atoms with Crippen LogP contribution in [0.3, 0.4) is 0 Å². The van der Waals surface area contributed by atoms with Gasteiger partial charge in [0, 0.05) is 0 Å². The number of aromatic nitrogens is 3. The minimum atomic E-state index is -4.30. The number of anilines is 1. The Bertz CT molecular complexity index is 1410. The first-order valence-electron chi connectivity index (χ1n) is 12.0. The second kappa shape index (κ2) is 11.3. The van der Waals surface area contributed by atoms with Crippen LogP contribution in [0.25, 0.3) is 5.52 Å². The smallest absolute Gasteiger partial charge is 0.459 e. The summed E-state index contributed by atoms with van der Waals surface area (Å²) in [6.45, 7) is 4.17. The molecule has 208 valence electrons. The molecule has 1 aliphatic heterocycles. The number of nitrogen functional groups attached to an aromatic ring is 1. The van der Waals surface area contributed by atoms with E-state index in [0.29, 0.717) is 5.52 Å². The van der Waals surface area contributed by atoms with Crippen molar-refractivity contribution < 1.29 is 38.1 Å². The van der Waals surface area contributed by atoms with E-state index in [9.17, 15) is 24.8 Å². The van der Waals surface area contributed by atoms with E-state index in [1.54, 1.807) is 38.1 Å². The van der Waals surface area contributed by atoms with Gasteiger partial charge in [-0.25, -0.2) is 14.1 Å². The maximum absolute atomic E-state index is 13.7. The summed E-state index contributed by atoms with van der Waals surface area (Å²) in [4.78, 5) is 16.2. The predicted octanol–water partition coefficient (Wildman–Crippen LogP) is 1.28. The molecule has 1 aromatic carbocycles. The van der Waals surface area contributed by atoms with Crippen molar-refractivity contribution in [2.24, 2.45) is 0 Å². The highest BCUT2D eigenvalue weighted by Crippen LogP contribution is 2.47. The van der Waals surface area contributed by atoms with Gasteiger partial charge in [0.1, 0.15) is 48.0 Å². The topological polar surface area (TPSA) is 204 Å². The van der Waals surface area contributed by atoms with E-state index in [1.165, 1.54) is 36.0 Å². The molecule has 15 heteroatoms. The van der Waals surface area contributed by atoms with Gasteiger partial charge in [-0.05, 0) is 45.0 Å². The quantitative estimate of drug-likeness (QED) is 0.204. The third-order valence-corrected chi connectivity index (χ3v) is 7.57. The van der Waals surface area contributed by atoms with Crippen molar-refractivity contribution in [3.63, 3.8) is 0 Å². The van der Waals surface area contributed by atoms with Crippen LogP contribution in [-0.2, 0) is 29.0 Å². The molecule has 5 N–H and O–H groups in total. The van der Waals surface area contributed by atoms with E-state index in [1.807, 2.05) is 6.07 Å². The number of para-hydroxylation sites is 1. The normalized spacial score (nSPS) is 25.2. The van der Waals surface area contributed by atoms with Gasteiger partial charge in [0.25, 0.3) is 0 Å². The van der Waals surface area contributed by atoms with Crippen molar-refractivity contribution in [1.82, 2.24) is 19.7 Å². The number of nitriles is 1. The minimum absolute atomic E-state index is 0.0926. The average Bonchev–Trinajstić information content (AvgIpc) is 3.44. The second-order valence-electron chi connectivity index (χ2n) is 9.13. The Morgan fingerprint density at radius 1 is 1.28 bits per heavy atom. The summed E-state index contributed by atoms with van der Waals surface area (Å²) in [5.74, 6) is -0.385. The summed E-state index contributed by atoms with van der Waals surface area (Å²) in [7, 11) is -4.30. The van der Waals surface area contributed by atoms with Gasteiger partial charge in [-0.15, -0.1) is 0 Å². The second-order valence-corrected chi connectivity index (χ2v) is 10.8. The number of fused-ring (bicyclic) bond motifs is 1. The van der Waals surface area contributed by atoms with Crippen LogP contribution < -0.4 is 15.3 Å². The molecule has 1 fully saturated rings. The van der Waals surface area contributed by atoms with Gasteiger partial charge in [-0.1, -0.05) is 18.2 Å². The van der Waals surface area contributed by atoms with Gasteiger partial charge in [-0.2, -0.15) is 15.4 Å². The monoisotopic (exact) mass is 560 g/mol. The number of aliphatic hydroxyl groups is 2. The zero-order valence-corrected chi connectivity index (χ0v) is 22.3. The molecule has 0 spiro atoms. The Morgan fingerprint density at radius 2 is 2.00 bits per heavy atom. The lowest BCUT2D eigenvalue weighted by Gasteiger charge is -2.25. The number of carbonyl (C=O) groups excluding carboxylic acids is 1. The summed E-state index contributed by atoms with van der Waals surface area (Å²) in [6, 6.07) is 11.9. The third-order valence-electron chi connectivity index (χ3n) is 5.92. The number of nitrogens with two attached hydrogens (primary N) is 1. The van der Waals surface area contributed by atoms with Gasteiger partial charge in [-0.3, -0.25) is 9.32 Å². The Kier molecular flexibility index (Phi) is 8.22. The molecule has 1 saturated heterocycles. The summed E-state index contributed by atoms with van der Waals surface area (Å²) in [5, 5.41) is 38.4. The van der Waals surface area contributed by atoms with Crippen LogP contribution in [-0.4, -0.2) is 67.8 Å². The molecular formula is C24H29N6O8P. The van der Waals surface area contributed by atoms with E-state index in [0.717, 1.165) is 0 Å². The Balaban J connectivity index is 1.58. The Morgan fingerprint density at radius 3 is 2.67 bits per heavy atom. The van der Waals surface area contributed by atoms with Crippen LogP contribution in [0.1, 0.15) is 26.5 Å². The van der Waals surface area contributed by atoms with Crippen LogP contribution in [0.15, 0.2) is 48.8 Å². The van der Waals surface area contributed by atoms with Gasteiger partial charge < -0.3 is 29.9 Å². The number of nitrogens with zero attached hydrogens (tertiary/aromatic N) is 4. The Labute approximate surface area is 223 Å². The van der Waals surface area contributed by atoms with Crippen molar-refractivity contribution in [1.29, 1.82) is 5.26 Å². The first-order chi connectivity index (χ1) is 18.5. The van der Waals surface area contributed by atoms with Crippen LogP contribution >= 0.6 is 7.75 Å². The molecule has 0 radical (unpaired) electrons. The third kappa shape index (κ3) is 5.74. The van der Waals surface area contributed by atoms with Crippen molar-refractivity contribution in [3.05, 3.63) is 54.5 Å². The predicted molar refractivity (Wildman–Crippen MR) is 136 cm³/mol. The summed E-state index contributed by atoms with van der Waals surface area (Å²) in [6.07, 6.45) is -3.96. The number of benzene rings is 1. The number of hydrogen-bond acceptors (Lipinski definition) is 12. The van der Waals surface area contributed by atoms with Crippen LogP contribution in [0, 0.1) is 11.3 Å². The van der Waals surface area contributed by atoms with Gasteiger partial charge >= 0.3 is 13.7 Å². The number of nitrogens with one attached hydrogen (secondary N) is 1. The average molecular weight is 561 g/mol. The Hall–Kier alpha value is -3.57. The molecule has 0 aliphatic carbocycles. The van der Waals surface area contributed by atoms with E-state index in [2.05, 4.69) is 15.2 Å². The van der Waals surface area contributed by atoms with Gasteiger partial charge in [0.2, 0.25) is 5.60 Å². The molecule has 3 aromatic rings. The molecule has 14 nitrogen and oxygen atoms in total. The maximum Gasteiger partial charge on any atom is 0.459 e. The first kappa shape index (κ1) is 28.4. The van der Waals surface area contributed by atoms with Gasteiger partial charge in [0.15, 0.2) is 5.82 Å². The van der Waals surface area contributed by atoms with E-state index >= 15 is 0 Å². The van der Waals surface area contributed by atoms with Crippen molar-refractivity contribution in [2.45, 2.75) is 56.8 Å². The molecule has 2 aromatic heterocycles. The lowest BCUT2D eigenvalue weighted by molar-refractivity contribution is -0.149. The zero-order chi connectivity index (χ0) is 28.4. The highest BCUT2D eigenvalue weighted by Gasteiger charge is 2.58. The molecule has 1 unspecified atom stereocenters. The number of hydrogen-bond donors (Lipinski definition) is 4. The molecule has 1 aliphatic rings. The molecule has 3 heterocycles. The van der Waals surface area contributed by atoms with Crippen LogP contribution in [0.5, 0.6) is 5.75 Å². The molecule has 6 atom stereocenters. The SMILES string of the molecule is CC(C)OC(=O)[C@H](C)N[P@@](=O)(OC[C@H]1OC(C#N)(c2ccc3c(N)ncnn23)[C@H](O)[C@@H]1O)Oc1ccccc1. The van der Waals surface area contributed by atoms with Crippen molar-refractivity contribution in [3.8, 4) is 11.8 Å². The van der Waals surface area contributed by atoms with Crippen LogP contribution in [0.2, 0.25) is 0 Å². The largest absolute Gasteiger partial charge is 0.462 e. The fourth-order valence-corrected chi connectivity index (χ4v) is 5.56. The zero-order valence-electron chi connectivity index (χ0n) is 21.4. The van der Waals surface area contributed by atoms with Crippen molar-refractivity contribution >= 4 is 25.1 Å². The fourth-order valence-electron chi connectivity index (χ4n) is 4.06. The molecule has 39 heavy (non-hydrogen) atoms. The lowest BCUT2D eigenvalue weighted by Crippen LogP contribution is -2.41. The highest BCUT2D eigenvalue weighted by molar-refractivity contribution is 7.52. The van der Waals surface area contributed by atoms with Crippen molar-refractivity contribution in [2.75, 3.05) is 12.3 Å². The number of esters is 1. The molecule has 0 saturated carbocycles. The number of ether oxygens (including phenoxy) is 2. The summed E-state index contributed by atoms with van der Waals surface area (Å²) in [5.41, 5.74) is 4.25. The number of carbonyl (C=O) groups is 1. The molecular weight excluding hydrogens is 531 g/mol. The number of aliphatic hydroxyl groups excluding tert-OH is 2. The van der Waals surface area contributed by atoms with E-state index in [-0.39, 0.29) is 17.3 Å². The maximum atomic E-state index is 13.7. The minimum Gasteiger partial charge on any atom is -0.462 e. The standard InChI is InChI=1S/C24H29N6O8P/c1-14(2)36-23(33)15(3)29-39(34,38-16-7-5-4-6-8-16)35-11-18-20(31)21(32)24(12-25,37-18)19-10-9-17-22(26)27-13-28-30(17)19/h4-10,13-15,18,20-21,31-32H,11H2,1-3H3,(H,29,34)(H2,26,27,28)/t15-,18+,20+,21+,24?,39+/m0/s1. The summed E-state index contributed by atoms with van der Waals surface area (Å²) >= 11 is 0. The summed E-state index contributed by atoms with van der Waals surface area (Å²) < 4.78 is 37.2. The van der Waals surface area contributed by atoms with Crippen LogP contribution in [0.4, 0.5) is 5.82 Å².